The molecule has 1 aromatic rings. The van der Waals surface area contributed by atoms with Crippen LogP contribution in [0.15, 0.2) is 12.4 Å². The maximum absolute atomic E-state index is 5.35. The molecule has 0 aliphatic carbocycles. The average Bonchev–Trinajstić information content (AvgIpc) is 2.41. The Balaban J connectivity index is 0.000000686. The quantitative estimate of drug-likeness (QED) is 0.792. The third-order valence-electron chi connectivity index (χ3n) is 2.89. The minimum Gasteiger partial charge on any atom is -0.381 e. The lowest BCUT2D eigenvalue weighted by atomic mass is 10.1. The molecule has 0 radical (unpaired) electrons. The lowest BCUT2D eigenvalue weighted by Crippen LogP contribution is -2.37. The zero-order valence-electron chi connectivity index (χ0n) is 11.3. The molecule has 2 heterocycles. The summed E-state index contributed by atoms with van der Waals surface area (Å²) in [6, 6.07) is 2.57. The van der Waals surface area contributed by atoms with Crippen molar-refractivity contribution in [1.82, 2.24) is 9.97 Å². The molecule has 0 atom stereocenters. The Labute approximate surface area is 104 Å². The van der Waals surface area contributed by atoms with Gasteiger partial charge in [0, 0.05) is 38.1 Å². The van der Waals surface area contributed by atoms with Gasteiger partial charge in [-0.05, 0) is 19.8 Å². The number of aromatic nitrogens is 2. The van der Waals surface area contributed by atoms with Gasteiger partial charge in [0.2, 0.25) is 0 Å². The van der Waals surface area contributed by atoms with Crippen LogP contribution in [0.4, 0.5) is 5.82 Å². The van der Waals surface area contributed by atoms with E-state index in [0.717, 1.165) is 37.6 Å². The average molecular weight is 237 g/mol. The highest BCUT2D eigenvalue weighted by Gasteiger charge is 2.19. The van der Waals surface area contributed by atoms with Gasteiger partial charge in [0.25, 0.3) is 0 Å². The first-order valence-corrected chi connectivity index (χ1v) is 6.36. The highest BCUT2D eigenvalue weighted by atomic mass is 16.5. The Morgan fingerprint density at radius 3 is 2.47 bits per heavy atom. The van der Waals surface area contributed by atoms with Crippen LogP contribution in [0.3, 0.4) is 0 Å². The summed E-state index contributed by atoms with van der Waals surface area (Å²) in [6.07, 6.45) is 3.79. The Morgan fingerprint density at radius 1 is 1.24 bits per heavy atom. The molecule has 1 aliphatic rings. The van der Waals surface area contributed by atoms with Gasteiger partial charge in [0.05, 0.1) is 0 Å². The molecule has 4 nitrogen and oxygen atoms in total. The summed E-state index contributed by atoms with van der Waals surface area (Å²) in [4.78, 5) is 10.6. The van der Waals surface area contributed by atoms with E-state index in [1.807, 2.05) is 26.8 Å². The normalized spacial score (nSPS) is 16.0. The third kappa shape index (κ3) is 3.97. The summed E-state index contributed by atoms with van der Waals surface area (Å²) >= 11 is 0. The second-order valence-corrected chi connectivity index (χ2v) is 3.97. The van der Waals surface area contributed by atoms with E-state index in [1.54, 1.807) is 6.33 Å². The minimum atomic E-state index is 0.549. The lowest BCUT2D eigenvalue weighted by Gasteiger charge is -2.31. The number of ether oxygens (including phenoxy) is 1. The Kier molecular flexibility index (Phi) is 5.91. The maximum Gasteiger partial charge on any atom is 0.132 e. The molecule has 1 saturated heterocycles. The van der Waals surface area contributed by atoms with Crippen LogP contribution < -0.4 is 4.90 Å². The zero-order valence-corrected chi connectivity index (χ0v) is 11.3. The first-order valence-electron chi connectivity index (χ1n) is 6.36. The number of anilines is 1. The van der Waals surface area contributed by atoms with Crippen molar-refractivity contribution in [3.63, 3.8) is 0 Å². The van der Waals surface area contributed by atoms with Gasteiger partial charge in [-0.25, -0.2) is 9.97 Å². The predicted octanol–water partition coefficient (Wildman–Crippen LogP) is 2.43. The molecule has 1 fully saturated rings. The second kappa shape index (κ2) is 7.22. The molecular weight excluding hydrogens is 214 g/mol. The van der Waals surface area contributed by atoms with E-state index < -0.39 is 0 Å². The van der Waals surface area contributed by atoms with Crippen LogP contribution >= 0.6 is 0 Å². The second-order valence-electron chi connectivity index (χ2n) is 3.97. The van der Waals surface area contributed by atoms with E-state index in [-0.39, 0.29) is 0 Å². The fraction of sp³-hybridized carbons (Fsp3) is 0.692. The van der Waals surface area contributed by atoms with Crippen molar-refractivity contribution in [2.24, 2.45) is 0 Å². The molecule has 1 aliphatic heterocycles. The molecular formula is C13H23N3O. The Bertz CT molecular complexity index is 324. The van der Waals surface area contributed by atoms with Crippen molar-refractivity contribution in [2.75, 3.05) is 25.2 Å². The van der Waals surface area contributed by atoms with Crippen molar-refractivity contribution in [3.05, 3.63) is 18.1 Å². The summed E-state index contributed by atoms with van der Waals surface area (Å²) < 4.78 is 5.35. The van der Waals surface area contributed by atoms with Crippen LogP contribution in [0, 0.1) is 6.92 Å². The fourth-order valence-corrected chi connectivity index (χ4v) is 1.89. The maximum atomic E-state index is 5.35. The van der Waals surface area contributed by atoms with Gasteiger partial charge in [-0.1, -0.05) is 13.8 Å². The predicted molar refractivity (Wildman–Crippen MR) is 70.4 cm³/mol. The Hall–Kier alpha value is -1.16. The Morgan fingerprint density at radius 2 is 1.88 bits per heavy atom. The number of rotatable bonds is 2. The largest absolute Gasteiger partial charge is 0.381 e. The smallest absolute Gasteiger partial charge is 0.132 e. The number of nitrogens with zero attached hydrogens (tertiary/aromatic N) is 3. The molecule has 0 amide bonds. The van der Waals surface area contributed by atoms with Crippen molar-refractivity contribution >= 4 is 5.82 Å². The first kappa shape index (κ1) is 13.9. The van der Waals surface area contributed by atoms with Crippen molar-refractivity contribution in [2.45, 2.75) is 39.7 Å². The highest BCUT2D eigenvalue weighted by Crippen LogP contribution is 2.18. The third-order valence-corrected chi connectivity index (χ3v) is 2.89. The lowest BCUT2D eigenvalue weighted by molar-refractivity contribution is 0.0853. The van der Waals surface area contributed by atoms with Crippen LogP contribution in [0.2, 0.25) is 0 Å². The molecule has 0 N–H and O–H groups in total. The molecule has 1 aromatic heterocycles. The molecule has 4 heteroatoms. The van der Waals surface area contributed by atoms with Crippen molar-refractivity contribution in [1.29, 1.82) is 0 Å². The number of aryl methyl sites for hydroxylation is 1. The minimum absolute atomic E-state index is 0.549. The molecule has 0 saturated carbocycles. The van der Waals surface area contributed by atoms with Gasteiger partial charge < -0.3 is 9.64 Å². The van der Waals surface area contributed by atoms with Crippen molar-refractivity contribution < 1.29 is 4.74 Å². The van der Waals surface area contributed by atoms with E-state index >= 15 is 0 Å². The highest BCUT2D eigenvalue weighted by molar-refractivity contribution is 5.38. The SMILES string of the molecule is CC.Cc1cc(N(C)C2CCOCC2)ncn1. The summed E-state index contributed by atoms with van der Waals surface area (Å²) in [5.41, 5.74) is 1.01. The van der Waals surface area contributed by atoms with Gasteiger partial charge in [-0.15, -0.1) is 0 Å². The van der Waals surface area contributed by atoms with Gasteiger partial charge in [-0.3, -0.25) is 0 Å². The molecule has 17 heavy (non-hydrogen) atoms. The van der Waals surface area contributed by atoms with Crippen LogP contribution in [0.1, 0.15) is 32.4 Å². The first-order chi connectivity index (χ1) is 8.27. The standard InChI is InChI=1S/C11H17N3O.C2H6/c1-9-7-11(13-8-12-9)14(2)10-3-5-15-6-4-10;1-2/h7-8,10H,3-6H2,1-2H3;1-2H3. The monoisotopic (exact) mass is 237 g/mol. The van der Waals surface area contributed by atoms with Gasteiger partial charge >= 0.3 is 0 Å². The fourth-order valence-electron chi connectivity index (χ4n) is 1.89. The van der Waals surface area contributed by atoms with Gasteiger partial charge in [0.1, 0.15) is 12.1 Å². The summed E-state index contributed by atoms with van der Waals surface area (Å²) in [7, 11) is 2.10. The van der Waals surface area contributed by atoms with Crippen LogP contribution in [-0.2, 0) is 4.74 Å². The molecule has 0 aromatic carbocycles. The number of hydrogen-bond donors (Lipinski definition) is 0. The molecule has 2 rings (SSSR count). The van der Waals surface area contributed by atoms with Gasteiger partial charge in [0.15, 0.2) is 0 Å². The van der Waals surface area contributed by atoms with Crippen molar-refractivity contribution in [3.8, 4) is 0 Å². The van der Waals surface area contributed by atoms with E-state index in [4.69, 9.17) is 4.74 Å². The van der Waals surface area contributed by atoms with E-state index in [9.17, 15) is 0 Å². The van der Waals surface area contributed by atoms with Gasteiger partial charge in [-0.2, -0.15) is 0 Å². The molecule has 0 spiro atoms. The van der Waals surface area contributed by atoms with Crippen LogP contribution in [0.5, 0.6) is 0 Å². The topological polar surface area (TPSA) is 38.2 Å². The summed E-state index contributed by atoms with van der Waals surface area (Å²) in [5.74, 6) is 1.01. The van der Waals surface area contributed by atoms with E-state index in [1.165, 1.54) is 0 Å². The van der Waals surface area contributed by atoms with Crippen LogP contribution in [-0.4, -0.2) is 36.3 Å². The van der Waals surface area contributed by atoms with E-state index in [0.29, 0.717) is 6.04 Å². The summed E-state index contributed by atoms with van der Waals surface area (Å²) in [5, 5.41) is 0. The molecule has 0 bridgehead atoms. The zero-order chi connectivity index (χ0) is 12.7. The summed E-state index contributed by atoms with van der Waals surface area (Å²) in [6.45, 7) is 7.71. The molecule has 96 valence electrons. The van der Waals surface area contributed by atoms with E-state index in [2.05, 4.69) is 21.9 Å². The molecule has 0 unspecified atom stereocenters. The van der Waals surface area contributed by atoms with Crippen LogP contribution in [0.25, 0.3) is 0 Å². The number of hydrogen-bond acceptors (Lipinski definition) is 4.